The van der Waals surface area contributed by atoms with E-state index in [1.165, 1.54) is 18.6 Å². The zero-order chi connectivity index (χ0) is 24.0. The molecule has 6 nitrogen and oxygen atoms in total. The maximum atomic E-state index is 13.5. The number of pyridine rings is 1. The fourth-order valence-corrected chi connectivity index (χ4v) is 4.56. The molecule has 1 unspecified atom stereocenters. The van der Waals surface area contributed by atoms with E-state index in [1.54, 1.807) is 12.3 Å². The molecule has 0 aliphatic carbocycles. The number of hydrogen-bond acceptors (Lipinski definition) is 5. The quantitative estimate of drug-likeness (QED) is 0.431. The number of alkyl halides is 3. The molecule has 1 atom stereocenters. The Morgan fingerprint density at radius 1 is 1.18 bits per heavy atom. The third-order valence-electron chi connectivity index (χ3n) is 6.47. The van der Waals surface area contributed by atoms with Gasteiger partial charge in [-0.1, -0.05) is 18.2 Å². The van der Waals surface area contributed by atoms with Crippen LogP contribution in [0.25, 0.3) is 22.3 Å². The summed E-state index contributed by atoms with van der Waals surface area (Å²) in [6, 6.07) is 5.88. The highest BCUT2D eigenvalue weighted by Gasteiger charge is 2.33. The predicted molar refractivity (Wildman–Crippen MR) is 127 cm³/mol. The SMILES string of the molecule is Cc1c(C(C)Nc2nc3nccn3c3cnc(C4=CCN(C)CC4)cc23)cccc1C(F)(F)F. The predicted octanol–water partition coefficient (Wildman–Crippen LogP) is 5.50. The summed E-state index contributed by atoms with van der Waals surface area (Å²) in [7, 11) is 2.08. The van der Waals surface area contributed by atoms with Crippen LogP contribution in [0, 0.1) is 6.92 Å². The molecule has 1 N–H and O–H groups in total. The summed E-state index contributed by atoms with van der Waals surface area (Å²) in [5.41, 5.74) is 3.04. The first-order valence-corrected chi connectivity index (χ1v) is 11.2. The maximum absolute atomic E-state index is 13.5. The molecular formula is C25H25F3N6. The summed E-state index contributed by atoms with van der Waals surface area (Å²) in [4.78, 5) is 15.9. The lowest BCUT2D eigenvalue weighted by Crippen LogP contribution is -2.23. The van der Waals surface area contributed by atoms with E-state index in [1.807, 2.05) is 29.8 Å². The molecule has 0 radical (unpaired) electrons. The van der Waals surface area contributed by atoms with Gasteiger partial charge in [0.15, 0.2) is 0 Å². The zero-order valence-corrected chi connectivity index (χ0v) is 19.2. The lowest BCUT2D eigenvalue weighted by Gasteiger charge is -2.23. The van der Waals surface area contributed by atoms with E-state index in [9.17, 15) is 13.2 Å². The van der Waals surface area contributed by atoms with Gasteiger partial charge in [0.1, 0.15) is 5.82 Å². The Bertz CT molecular complexity index is 1410. The Kier molecular flexibility index (Phi) is 5.51. The van der Waals surface area contributed by atoms with Crippen LogP contribution in [0.3, 0.4) is 0 Å². The molecule has 0 saturated heterocycles. The van der Waals surface area contributed by atoms with Gasteiger partial charge in [-0.25, -0.2) is 4.98 Å². The van der Waals surface area contributed by atoms with Crippen LogP contribution >= 0.6 is 0 Å². The fourth-order valence-electron chi connectivity index (χ4n) is 4.56. The Morgan fingerprint density at radius 2 is 2.00 bits per heavy atom. The topological polar surface area (TPSA) is 58.4 Å². The van der Waals surface area contributed by atoms with E-state index in [0.29, 0.717) is 17.2 Å². The summed E-state index contributed by atoms with van der Waals surface area (Å²) in [5.74, 6) is 1.06. The second-order valence-corrected chi connectivity index (χ2v) is 8.77. The van der Waals surface area contributed by atoms with Crippen molar-refractivity contribution in [3.63, 3.8) is 0 Å². The molecule has 9 heteroatoms. The number of aromatic nitrogens is 4. The Labute approximate surface area is 195 Å². The number of hydrogen-bond donors (Lipinski definition) is 1. The molecule has 0 saturated carbocycles. The normalized spacial score (nSPS) is 16.1. The summed E-state index contributed by atoms with van der Waals surface area (Å²) in [5, 5.41) is 4.19. The zero-order valence-electron chi connectivity index (χ0n) is 19.2. The van der Waals surface area contributed by atoms with Crippen molar-refractivity contribution in [3.05, 3.63) is 71.3 Å². The molecule has 0 bridgehead atoms. The molecular weight excluding hydrogens is 441 g/mol. The number of rotatable bonds is 4. The van der Waals surface area contributed by atoms with Gasteiger partial charge in [-0.05, 0) is 56.1 Å². The second kappa shape index (κ2) is 8.39. The number of benzene rings is 1. The van der Waals surface area contributed by atoms with Gasteiger partial charge in [0.2, 0.25) is 5.78 Å². The van der Waals surface area contributed by atoms with Gasteiger partial charge in [0, 0.05) is 30.9 Å². The number of imidazole rings is 1. The van der Waals surface area contributed by atoms with Crippen LogP contribution in [-0.2, 0) is 6.18 Å². The lowest BCUT2D eigenvalue weighted by atomic mass is 9.97. The minimum atomic E-state index is -4.40. The highest BCUT2D eigenvalue weighted by Crippen LogP contribution is 2.36. The molecule has 1 aromatic carbocycles. The highest BCUT2D eigenvalue weighted by atomic mass is 19.4. The largest absolute Gasteiger partial charge is 0.416 e. The first-order chi connectivity index (χ1) is 16.2. The molecule has 34 heavy (non-hydrogen) atoms. The van der Waals surface area contributed by atoms with Crippen molar-refractivity contribution in [1.82, 2.24) is 24.3 Å². The van der Waals surface area contributed by atoms with Crippen LogP contribution in [0.15, 0.2) is 48.9 Å². The van der Waals surface area contributed by atoms with Gasteiger partial charge in [-0.3, -0.25) is 9.38 Å². The monoisotopic (exact) mass is 466 g/mol. The molecule has 176 valence electrons. The minimum absolute atomic E-state index is 0.208. The van der Waals surface area contributed by atoms with Gasteiger partial charge in [0.05, 0.1) is 29.0 Å². The lowest BCUT2D eigenvalue weighted by molar-refractivity contribution is -0.138. The van der Waals surface area contributed by atoms with Crippen LogP contribution in [0.4, 0.5) is 19.0 Å². The molecule has 3 aromatic heterocycles. The van der Waals surface area contributed by atoms with Crippen molar-refractivity contribution in [2.45, 2.75) is 32.5 Å². The van der Waals surface area contributed by atoms with Gasteiger partial charge < -0.3 is 10.2 Å². The van der Waals surface area contributed by atoms with E-state index < -0.39 is 17.8 Å². The van der Waals surface area contributed by atoms with Gasteiger partial charge in [-0.15, -0.1) is 0 Å². The van der Waals surface area contributed by atoms with Crippen LogP contribution in [-0.4, -0.2) is 44.4 Å². The average molecular weight is 467 g/mol. The average Bonchev–Trinajstić information content (AvgIpc) is 3.27. The maximum Gasteiger partial charge on any atom is 0.416 e. The number of nitrogens with zero attached hydrogens (tertiary/aromatic N) is 5. The third-order valence-corrected chi connectivity index (χ3v) is 6.47. The molecule has 4 aromatic rings. The molecule has 1 aliphatic heterocycles. The molecule has 5 rings (SSSR count). The number of nitrogens with one attached hydrogen (secondary N) is 1. The Balaban J connectivity index is 1.59. The number of likely N-dealkylation sites (N-methyl/N-ethyl adjacent to an activating group) is 1. The highest BCUT2D eigenvalue weighted by molar-refractivity contribution is 5.92. The molecule has 0 spiro atoms. The molecule has 4 heterocycles. The van der Waals surface area contributed by atoms with E-state index in [0.717, 1.165) is 42.2 Å². The number of anilines is 1. The minimum Gasteiger partial charge on any atom is -0.363 e. The Hall–Kier alpha value is -3.46. The molecule has 1 aliphatic rings. The van der Waals surface area contributed by atoms with Crippen molar-refractivity contribution < 1.29 is 13.2 Å². The van der Waals surface area contributed by atoms with Crippen molar-refractivity contribution in [1.29, 1.82) is 0 Å². The first-order valence-electron chi connectivity index (χ1n) is 11.2. The summed E-state index contributed by atoms with van der Waals surface area (Å²) >= 11 is 0. The van der Waals surface area contributed by atoms with Crippen molar-refractivity contribution in [2.24, 2.45) is 0 Å². The summed E-state index contributed by atoms with van der Waals surface area (Å²) in [6.45, 7) is 5.17. The van der Waals surface area contributed by atoms with Crippen molar-refractivity contribution in [3.8, 4) is 0 Å². The standard InChI is InChI=1S/C25H25F3N6/c1-15-18(5-4-6-20(15)25(26,27)28)16(2)31-23-19-13-21(17-7-10-33(3)11-8-17)30-14-22(19)34-12-9-29-24(34)32-23/h4-7,9,12-14,16H,8,10-11H2,1-3H3,(H,29,31,32). The molecule has 0 amide bonds. The van der Waals surface area contributed by atoms with E-state index in [2.05, 4.69) is 28.3 Å². The van der Waals surface area contributed by atoms with Gasteiger partial charge in [-0.2, -0.15) is 18.2 Å². The smallest absolute Gasteiger partial charge is 0.363 e. The van der Waals surface area contributed by atoms with E-state index in [4.69, 9.17) is 9.97 Å². The first kappa shape index (κ1) is 22.3. The van der Waals surface area contributed by atoms with E-state index in [-0.39, 0.29) is 5.56 Å². The van der Waals surface area contributed by atoms with Crippen LogP contribution in [0.5, 0.6) is 0 Å². The van der Waals surface area contributed by atoms with Crippen molar-refractivity contribution in [2.75, 3.05) is 25.5 Å². The van der Waals surface area contributed by atoms with Crippen LogP contribution in [0.1, 0.15) is 41.8 Å². The number of fused-ring (bicyclic) bond motifs is 3. The summed E-state index contributed by atoms with van der Waals surface area (Å²) < 4.78 is 42.2. The number of halogens is 3. The van der Waals surface area contributed by atoms with Crippen molar-refractivity contribution >= 4 is 28.1 Å². The second-order valence-electron chi connectivity index (χ2n) is 8.77. The summed E-state index contributed by atoms with van der Waals surface area (Å²) in [6.07, 6.45) is 3.98. The van der Waals surface area contributed by atoms with E-state index >= 15 is 0 Å². The van der Waals surface area contributed by atoms with Crippen LogP contribution < -0.4 is 5.32 Å². The van der Waals surface area contributed by atoms with Crippen LogP contribution in [0.2, 0.25) is 0 Å². The van der Waals surface area contributed by atoms with Gasteiger partial charge >= 0.3 is 6.18 Å². The molecule has 0 fully saturated rings. The third kappa shape index (κ3) is 4.00. The fraction of sp³-hybridized carbons (Fsp3) is 0.320. The van der Waals surface area contributed by atoms with Gasteiger partial charge in [0.25, 0.3) is 0 Å². The Morgan fingerprint density at radius 3 is 2.74 bits per heavy atom.